The van der Waals surface area contributed by atoms with Gasteiger partial charge in [-0.05, 0) is 56.2 Å². The summed E-state index contributed by atoms with van der Waals surface area (Å²) in [5.74, 6) is 0.787. The Morgan fingerprint density at radius 1 is 1.09 bits per heavy atom. The Morgan fingerprint density at radius 2 is 1.85 bits per heavy atom. The van der Waals surface area contributed by atoms with Crippen LogP contribution in [0.25, 0.3) is 0 Å². The fraction of sp³-hybridized carbons (Fsp3) is 0.231. The van der Waals surface area contributed by atoms with E-state index < -0.39 is 0 Å². The lowest BCUT2D eigenvalue weighted by atomic mass is 10.2. The minimum Gasteiger partial charge on any atom is -0.486 e. The molecule has 170 valence electrons. The van der Waals surface area contributed by atoms with E-state index in [0.717, 1.165) is 17.9 Å². The number of rotatable bonds is 8. The molecule has 4 rings (SSSR count). The van der Waals surface area contributed by atoms with Gasteiger partial charge < -0.3 is 14.5 Å². The van der Waals surface area contributed by atoms with Crippen molar-refractivity contribution in [2.75, 3.05) is 5.32 Å². The number of ether oxygens (including phenoxy) is 1. The van der Waals surface area contributed by atoms with E-state index in [1.807, 2.05) is 31.2 Å². The molecule has 7 heteroatoms. The van der Waals surface area contributed by atoms with Crippen LogP contribution in [0.4, 0.5) is 10.1 Å². The van der Waals surface area contributed by atoms with E-state index in [2.05, 4.69) is 17.3 Å². The van der Waals surface area contributed by atoms with E-state index in [-0.39, 0.29) is 30.6 Å². The fourth-order valence-electron chi connectivity index (χ4n) is 3.55. The number of aromatic nitrogens is 2. The van der Waals surface area contributed by atoms with Crippen molar-refractivity contribution in [3.05, 3.63) is 101 Å². The number of amides is 1. The van der Waals surface area contributed by atoms with Crippen molar-refractivity contribution in [1.82, 2.24) is 9.78 Å². The molecule has 0 fully saturated rings. The molecule has 0 saturated heterocycles. The van der Waals surface area contributed by atoms with Gasteiger partial charge >= 0.3 is 0 Å². The van der Waals surface area contributed by atoms with Crippen LogP contribution in [0.15, 0.2) is 65.1 Å². The van der Waals surface area contributed by atoms with Gasteiger partial charge in [-0.2, -0.15) is 5.10 Å². The van der Waals surface area contributed by atoms with Gasteiger partial charge in [-0.15, -0.1) is 0 Å². The number of hydrogen-bond donors (Lipinski definition) is 1. The molecule has 2 aromatic heterocycles. The van der Waals surface area contributed by atoms with Crippen LogP contribution in [0, 0.1) is 19.7 Å². The molecule has 33 heavy (non-hydrogen) atoms. The first-order chi connectivity index (χ1) is 15.9. The van der Waals surface area contributed by atoms with Crippen LogP contribution in [-0.2, 0) is 19.6 Å². The van der Waals surface area contributed by atoms with E-state index in [9.17, 15) is 9.18 Å². The summed E-state index contributed by atoms with van der Waals surface area (Å²) >= 11 is 0. The summed E-state index contributed by atoms with van der Waals surface area (Å²) in [6.45, 7) is 6.23. The van der Waals surface area contributed by atoms with Crippen molar-refractivity contribution in [3.63, 3.8) is 0 Å². The summed E-state index contributed by atoms with van der Waals surface area (Å²) in [5, 5.41) is 7.32. The minimum atomic E-state index is -0.384. The van der Waals surface area contributed by atoms with E-state index >= 15 is 0 Å². The van der Waals surface area contributed by atoms with Crippen molar-refractivity contribution >= 4 is 11.6 Å². The molecule has 1 N–H and O–H groups in total. The molecule has 4 aromatic rings. The first-order valence-corrected chi connectivity index (χ1v) is 10.8. The van der Waals surface area contributed by atoms with Crippen LogP contribution >= 0.6 is 0 Å². The lowest BCUT2D eigenvalue weighted by Gasteiger charge is -2.07. The molecular weight excluding hydrogens is 421 g/mol. The molecule has 0 bridgehead atoms. The van der Waals surface area contributed by atoms with Gasteiger partial charge in [0.2, 0.25) is 0 Å². The van der Waals surface area contributed by atoms with Crippen molar-refractivity contribution < 1.29 is 18.3 Å². The lowest BCUT2D eigenvalue weighted by molar-refractivity contribution is 0.0992. The Bertz CT molecular complexity index is 1260. The highest BCUT2D eigenvalue weighted by Gasteiger charge is 2.18. The smallest absolute Gasteiger partial charge is 0.291 e. The predicted octanol–water partition coefficient (Wildman–Crippen LogP) is 5.67. The quantitative estimate of drug-likeness (QED) is 0.378. The zero-order valence-corrected chi connectivity index (χ0v) is 18.9. The Kier molecular flexibility index (Phi) is 6.58. The molecular formula is C26H26FN3O3. The normalized spacial score (nSPS) is 10.9. The third-order valence-corrected chi connectivity index (χ3v) is 5.50. The van der Waals surface area contributed by atoms with Crippen LogP contribution in [0.3, 0.4) is 0 Å². The molecule has 0 saturated carbocycles. The number of furan rings is 1. The fourth-order valence-corrected chi connectivity index (χ4v) is 3.55. The van der Waals surface area contributed by atoms with Crippen molar-refractivity contribution in [2.24, 2.45) is 0 Å². The van der Waals surface area contributed by atoms with Crippen LogP contribution in [0.5, 0.6) is 5.75 Å². The zero-order chi connectivity index (χ0) is 23.4. The van der Waals surface area contributed by atoms with Gasteiger partial charge in [0, 0.05) is 5.56 Å². The monoisotopic (exact) mass is 447 g/mol. The van der Waals surface area contributed by atoms with Crippen LogP contribution < -0.4 is 10.1 Å². The standard InChI is InChI=1S/C26H26FN3O3/c1-4-19-9-11-21(12-10-19)32-16-22-13-14-24(33-22)26(31)28-25-17(2)29-30(18(25)3)15-20-7-5-6-8-23(20)27/h5-14H,4,15-16H2,1-3H3,(H,28,31). The van der Waals surface area contributed by atoms with E-state index in [1.54, 1.807) is 41.9 Å². The zero-order valence-electron chi connectivity index (χ0n) is 18.9. The third-order valence-electron chi connectivity index (χ3n) is 5.50. The number of carbonyl (C=O) groups excluding carboxylic acids is 1. The van der Waals surface area contributed by atoms with Gasteiger partial charge in [0.15, 0.2) is 5.76 Å². The number of aryl methyl sites for hydroxylation is 2. The first-order valence-electron chi connectivity index (χ1n) is 10.8. The Morgan fingerprint density at radius 3 is 2.58 bits per heavy atom. The van der Waals surface area contributed by atoms with E-state index in [4.69, 9.17) is 9.15 Å². The van der Waals surface area contributed by atoms with E-state index in [1.165, 1.54) is 11.6 Å². The number of nitrogens with one attached hydrogen (secondary N) is 1. The summed E-state index contributed by atoms with van der Waals surface area (Å²) in [4.78, 5) is 12.8. The van der Waals surface area contributed by atoms with Gasteiger partial charge in [0.25, 0.3) is 5.91 Å². The number of carbonyl (C=O) groups is 1. The topological polar surface area (TPSA) is 69.3 Å². The number of anilines is 1. The second kappa shape index (κ2) is 9.73. The number of benzene rings is 2. The molecule has 0 aliphatic rings. The summed E-state index contributed by atoms with van der Waals surface area (Å²) in [5.41, 5.74) is 3.72. The molecule has 0 spiro atoms. The largest absolute Gasteiger partial charge is 0.486 e. The highest BCUT2D eigenvalue weighted by atomic mass is 19.1. The Labute approximate surface area is 192 Å². The second-order valence-corrected chi connectivity index (χ2v) is 7.80. The molecule has 0 aliphatic carbocycles. The lowest BCUT2D eigenvalue weighted by Crippen LogP contribution is -2.12. The molecule has 6 nitrogen and oxygen atoms in total. The molecule has 2 aromatic carbocycles. The highest BCUT2D eigenvalue weighted by molar-refractivity contribution is 6.02. The Hall–Kier alpha value is -3.87. The maximum absolute atomic E-state index is 14.0. The van der Waals surface area contributed by atoms with Gasteiger partial charge in [-0.25, -0.2) is 4.39 Å². The van der Waals surface area contributed by atoms with Crippen molar-refractivity contribution in [3.8, 4) is 5.75 Å². The van der Waals surface area contributed by atoms with Crippen LogP contribution in [0.1, 0.15) is 45.8 Å². The van der Waals surface area contributed by atoms with Gasteiger partial charge in [0.1, 0.15) is 23.9 Å². The summed E-state index contributed by atoms with van der Waals surface area (Å²) in [6, 6.07) is 17.8. The Balaban J connectivity index is 1.41. The van der Waals surface area contributed by atoms with Crippen molar-refractivity contribution in [1.29, 1.82) is 0 Å². The minimum absolute atomic E-state index is 0.176. The van der Waals surface area contributed by atoms with Crippen molar-refractivity contribution in [2.45, 2.75) is 40.3 Å². The second-order valence-electron chi connectivity index (χ2n) is 7.80. The van der Waals surface area contributed by atoms with Crippen LogP contribution in [-0.4, -0.2) is 15.7 Å². The molecule has 0 aliphatic heterocycles. The van der Waals surface area contributed by atoms with Crippen LogP contribution in [0.2, 0.25) is 0 Å². The summed E-state index contributed by atoms with van der Waals surface area (Å²) in [7, 11) is 0. The summed E-state index contributed by atoms with van der Waals surface area (Å²) in [6.07, 6.45) is 0.970. The van der Waals surface area contributed by atoms with Gasteiger partial charge in [-0.3, -0.25) is 9.48 Å². The number of hydrogen-bond acceptors (Lipinski definition) is 4. The van der Waals surface area contributed by atoms with E-state index in [0.29, 0.717) is 22.7 Å². The van der Waals surface area contributed by atoms with Gasteiger partial charge in [-0.1, -0.05) is 37.3 Å². The molecule has 0 atom stereocenters. The SMILES string of the molecule is CCc1ccc(OCc2ccc(C(=O)Nc3c(C)nn(Cc4ccccc4F)c3C)o2)cc1. The number of halogens is 1. The molecule has 1 amide bonds. The number of nitrogens with zero attached hydrogens (tertiary/aromatic N) is 2. The third kappa shape index (κ3) is 5.14. The molecule has 2 heterocycles. The highest BCUT2D eigenvalue weighted by Crippen LogP contribution is 2.23. The molecule has 0 radical (unpaired) electrons. The maximum atomic E-state index is 14.0. The average Bonchev–Trinajstić information content (AvgIpc) is 3.40. The summed E-state index contributed by atoms with van der Waals surface area (Å²) < 4.78 is 27.1. The van der Waals surface area contributed by atoms with Gasteiger partial charge in [0.05, 0.1) is 23.6 Å². The average molecular weight is 448 g/mol. The maximum Gasteiger partial charge on any atom is 0.291 e. The first kappa shape index (κ1) is 22.3. The predicted molar refractivity (Wildman–Crippen MR) is 124 cm³/mol. The molecule has 0 unspecified atom stereocenters.